The molecule has 0 spiro atoms. The third-order valence-electron chi connectivity index (χ3n) is 3.78. The molecule has 0 radical (unpaired) electrons. The second-order valence-electron chi connectivity index (χ2n) is 5.64. The fourth-order valence-corrected chi connectivity index (χ4v) is 3.43. The van der Waals surface area contributed by atoms with Gasteiger partial charge in [-0.2, -0.15) is 0 Å². The first-order chi connectivity index (χ1) is 13.0. The zero-order valence-corrected chi connectivity index (χ0v) is 16.6. The number of anilines is 1. The molecule has 6 nitrogen and oxygen atoms in total. The number of halogens is 1. The molecule has 0 aliphatic heterocycles. The molecule has 2 aromatic carbocycles. The summed E-state index contributed by atoms with van der Waals surface area (Å²) < 4.78 is 32.9. The van der Waals surface area contributed by atoms with Crippen LogP contribution in [0.3, 0.4) is 0 Å². The van der Waals surface area contributed by atoms with Crippen molar-refractivity contribution in [2.75, 3.05) is 11.8 Å². The maximum atomic E-state index is 12.6. The number of ether oxygens (including phenoxy) is 1. The van der Waals surface area contributed by atoms with E-state index in [9.17, 15) is 13.5 Å². The van der Waals surface area contributed by atoms with E-state index in [4.69, 9.17) is 4.74 Å². The lowest BCUT2D eigenvalue weighted by molar-refractivity contribution is 0.414. The van der Waals surface area contributed by atoms with Gasteiger partial charge in [-0.05, 0) is 60.2 Å². The monoisotopic (exact) mass is 418 g/mol. The van der Waals surface area contributed by atoms with Crippen LogP contribution >= 0.6 is 12.4 Å². The van der Waals surface area contributed by atoms with Crippen molar-refractivity contribution < 1.29 is 18.3 Å². The summed E-state index contributed by atoms with van der Waals surface area (Å²) in [6.07, 6.45) is 5.08. The van der Waals surface area contributed by atoms with E-state index >= 15 is 0 Å². The van der Waals surface area contributed by atoms with Crippen LogP contribution in [0.5, 0.6) is 11.5 Å². The summed E-state index contributed by atoms with van der Waals surface area (Å²) in [5.41, 5.74) is 1.69. The summed E-state index contributed by atoms with van der Waals surface area (Å²) in [5, 5.41) is 9.33. The zero-order chi connectivity index (χ0) is 19.3. The van der Waals surface area contributed by atoms with E-state index in [0.29, 0.717) is 17.1 Å². The molecular weight excluding hydrogens is 400 g/mol. The summed E-state index contributed by atoms with van der Waals surface area (Å²) in [6, 6.07) is 16.1. The molecule has 3 aromatic rings. The number of rotatable bonds is 6. The van der Waals surface area contributed by atoms with Crippen LogP contribution in [0.25, 0.3) is 12.2 Å². The van der Waals surface area contributed by atoms with Gasteiger partial charge in [0, 0.05) is 6.20 Å². The molecule has 0 bridgehead atoms. The number of sulfonamides is 1. The van der Waals surface area contributed by atoms with E-state index in [-0.39, 0.29) is 23.1 Å². The Hall–Kier alpha value is -3.03. The van der Waals surface area contributed by atoms with Crippen molar-refractivity contribution in [2.24, 2.45) is 0 Å². The predicted molar refractivity (Wildman–Crippen MR) is 112 cm³/mol. The molecule has 2 N–H and O–H groups in total. The summed E-state index contributed by atoms with van der Waals surface area (Å²) in [6.45, 7) is 0. The molecule has 0 saturated carbocycles. The number of hydrogen-bond acceptors (Lipinski definition) is 5. The molecule has 8 heteroatoms. The molecule has 0 aliphatic carbocycles. The molecule has 1 aromatic heterocycles. The molecule has 28 heavy (non-hydrogen) atoms. The minimum absolute atomic E-state index is 0. The van der Waals surface area contributed by atoms with Gasteiger partial charge in [0.05, 0.1) is 23.4 Å². The normalized spacial score (nSPS) is 11.0. The first-order valence-corrected chi connectivity index (χ1v) is 9.55. The minimum atomic E-state index is -3.76. The highest BCUT2D eigenvalue weighted by Crippen LogP contribution is 2.22. The Morgan fingerprint density at radius 3 is 2.32 bits per heavy atom. The average Bonchev–Trinajstić information content (AvgIpc) is 2.68. The van der Waals surface area contributed by atoms with Crippen LogP contribution in [0.1, 0.15) is 11.3 Å². The first-order valence-electron chi connectivity index (χ1n) is 8.07. The maximum Gasteiger partial charge on any atom is 0.261 e. The van der Waals surface area contributed by atoms with Crippen LogP contribution in [0, 0.1) is 0 Å². The predicted octanol–water partition coefficient (Wildman–Crippen LogP) is 4.19. The SMILES string of the molecule is COc1ccc(S(=O)(=O)Nc2cccnc2/C=C/c2ccc(O)cc2)cc1.Cl. The Morgan fingerprint density at radius 2 is 1.68 bits per heavy atom. The van der Waals surface area contributed by atoms with Crippen LogP contribution in [0.15, 0.2) is 71.8 Å². The number of nitrogens with zero attached hydrogens (tertiary/aromatic N) is 1. The summed E-state index contributed by atoms with van der Waals surface area (Å²) >= 11 is 0. The number of nitrogens with one attached hydrogen (secondary N) is 1. The van der Waals surface area contributed by atoms with Crippen molar-refractivity contribution in [3.05, 3.63) is 78.1 Å². The molecule has 0 aliphatic rings. The van der Waals surface area contributed by atoms with E-state index in [2.05, 4.69) is 9.71 Å². The lowest BCUT2D eigenvalue weighted by atomic mass is 10.2. The zero-order valence-electron chi connectivity index (χ0n) is 14.9. The Labute approximate surface area is 170 Å². The van der Waals surface area contributed by atoms with Gasteiger partial charge in [-0.3, -0.25) is 9.71 Å². The van der Waals surface area contributed by atoms with Gasteiger partial charge in [-0.1, -0.05) is 18.2 Å². The minimum Gasteiger partial charge on any atom is -0.508 e. The highest BCUT2D eigenvalue weighted by Gasteiger charge is 2.15. The molecular formula is C20H19ClN2O4S. The Bertz CT molecular complexity index is 1050. The van der Waals surface area contributed by atoms with E-state index in [1.807, 2.05) is 0 Å². The summed E-state index contributed by atoms with van der Waals surface area (Å²) in [4.78, 5) is 4.36. The molecule has 0 saturated heterocycles. The quantitative estimate of drug-likeness (QED) is 0.626. The molecule has 146 valence electrons. The largest absolute Gasteiger partial charge is 0.508 e. The summed E-state index contributed by atoms with van der Waals surface area (Å²) in [7, 11) is -2.24. The molecule has 3 rings (SSSR count). The number of phenolic OH excluding ortho intramolecular Hbond substituents is 1. The molecule has 0 fully saturated rings. The Balaban J connectivity index is 0.00000280. The van der Waals surface area contributed by atoms with Crippen molar-refractivity contribution in [1.29, 1.82) is 0 Å². The second-order valence-corrected chi connectivity index (χ2v) is 7.32. The topological polar surface area (TPSA) is 88.5 Å². The van der Waals surface area contributed by atoms with Gasteiger partial charge in [-0.15, -0.1) is 12.4 Å². The van der Waals surface area contributed by atoms with Gasteiger partial charge >= 0.3 is 0 Å². The smallest absolute Gasteiger partial charge is 0.261 e. The number of phenols is 1. The van der Waals surface area contributed by atoms with Crippen molar-refractivity contribution in [3.8, 4) is 11.5 Å². The first kappa shape index (κ1) is 21.3. The van der Waals surface area contributed by atoms with Gasteiger partial charge in [0.2, 0.25) is 0 Å². The Kier molecular flexibility index (Phi) is 7.03. The van der Waals surface area contributed by atoms with Crippen LogP contribution in [-0.4, -0.2) is 25.6 Å². The second kappa shape index (κ2) is 9.25. The van der Waals surface area contributed by atoms with Crippen LogP contribution < -0.4 is 9.46 Å². The molecule has 0 amide bonds. The van der Waals surface area contributed by atoms with Crippen molar-refractivity contribution >= 4 is 40.3 Å². The molecule has 1 heterocycles. The molecule has 0 unspecified atom stereocenters. The van der Waals surface area contributed by atoms with Crippen LogP contribution in [0.4, 0.5) is 5.69 Å². The van der Waals surface area contributed by atoms with E-state index < -0.39 is 10.0 Å². The number of pyridine rings is 1. The number of aromatic hydroxyl groups is 1. The molecule has 0 atom stereocenters. The average molecular weight is 419 g/mol. The third kappa shape index (κ3) is 5.25. The third-order valence-corrected chi connectivity index (χ3v) is 5.16. The lowest BCUT2D eigenvalue weighted by Crippen LogP contribution is -2.14. The van der Waals surface area contributed by atoms with E-state index in [0.717, 1.165) is 5.56 Å². The fraction of sp³-hybridized carbons (Fsp3) is 0.0500. The highest BCUT2D eigenvalue weighted by atomic mass is 35.5. The van der Waals surface area contributed by atoms with Crippen LogP contribution in [0.2, 0.25) is 0 Å². The van der Waals surface area contributed by atoms with Gasteiger partial charge in [0.25, 0.3) is 10.0 Å². The van der Waals surface area contributed by atoms with Crippen molar-refractivity contribution in [1.82, 2.24) is 4.98 Å². The van der Waals surface area contributed by atoms with Gasteiger partial charge in [-0.25, -0.2) is 8.42 Å². The van der Waals surface area contributed by atoms with Crippen molar-refractivity contribution in [3.63, 3.8) is 0 Å². The number of hydrogen-bond donors (Lipinski definition) is 2. The van der Waals surface area contributed by atoms with Gasteiger partial charge in [0.1, 0.15) is 11.5 Å². The van der Waals surface area contributed by atoms with E-state index in [1.165, 1.54) is 19.2 Å². The van der Waals surface area contributed by atoms with Crippen molar-refractivity contribution in [2.45, 2.75) is 4.90 Å². The van der Waals surface area contributed by atoms with Gasteiger partial charge < -0.3 is 9.84 Å². The maximum absolute atomic E-state index is 12.6. The number of aromatic nitrogens is 1. The standard InChI is InChI=1S/C20H18N2O4S.ClH/c1-26-17-9-11-18(12-10-17)27(24,25)22-20-3-2-14-21-19(20)13-6-15-4-7-16(23)8-5-15;/h2-14,22-23H,1H3;1H/b13-6+;. The number of methoxy groups -OCH3 is 1. The summed E-state index contributed by atoms with van der Waals surface area (Å²) in [5.74, 6) is 0.755. The van der Waals surface area contributed by atoms with E-state index in [1.54, 1.807) is 66.9 Å². The highest BCUT2D eigenvalue weighted by molar-refractivity contribution is 7.92. The lowest BCUT2D eigenvalue weighted by Gasteiger charge is -2.10. The Morgan fingerprint density at radius 1 is 1.00 bits per heavy atom. The number of benzene rings is 2. The van der Waals surface area contributed by atoms with Crippen LogP contribution in [-0.2, 0) is 10.0 Å². The van der Waals surface area contributed by atoms with Gasteiger partial charge in [0.15, 0.2) is 0 Å². The fourth-order valence-electron chi connectivity index (χ4n) is 2.36.